The molecule has 0 saturated carbocycles. The number of aromatic amines is 1. The Morgan fingerprint density at radius 1 is 1.17 bits per heavy atom. The van der Waals surface area contributed by atoms with Gasteiger partial charge in [-0.1, -0.05) is 58.0 Å². The predicted molar refractivity (Wildman–Crippen MR) is 100 cm³/mol. The Kier molecular flexibility index (Phi) is 5.16. The summed E-state index contributed by atoms with van der Waals surface area (Å²) in [6, 6.07) is 13.6. The summed E-state index contributed by atoms with van der Waals surface area (Å²) in [6.45, 7) is 4.05. The van der Waals surface area contributed by atoms with Crippen LogP contribution in [-0.4, -0.2) is 26.7 Å². The van der Waals surface area contributed by atoms with Crippen molar-refractivity contribution in [3.8, 4) is 11.4 Å². The number of hydrogen-bond acceptors (Lipinski definition) is 4. The third-order valence-corrected chi connectivity index (χ3v) is 5.29. The fourth-order valence-corrected chi connectivity index (χ4v) is 3.38. The molecule has 3 aromatic rings. The van der Waals surface area contributed by atoms with E-state index in [1.54, 1.807) is 0 Å². The molecule has 1 N–H and O–H groups in total. The van der Waals surface area contributed by atoms with Gasteiger partial charge in [-0.15, -0.1) is 5.10 Å². The topological polar surface area (TPSA) is 58.6 Å². The normalized spacial score (nSPS) is 10.8. The van der Waals surface area contributed by atoms with Crippen molar-refractivity contribution in [3.63, 3.8) is 0 Å². The summed E-state index contributed by atoms with van der Waals surface area (Å²) in [4.78, 5) is 16.8. The third kappa shape index (κ3) is 3.76. The highest BCUT2D eigenvalue weighted by Gasteiger charge is 2.12. The Morgan fingerprint density at radius 3 is 2.71 bits per heavy atom. The number of rotatable bonds is 5. The van der Waals surface area contributed by atoms with Crippen molar-refractivity contribution in [1.82, 2.24) is 15.2 Å². The molecule has 0 aliphatic heterocycles. The lowest BCUT2D eigenvalue weighted by Gasteiger charge is -2.03. The monoisotopic (exact) mass is 401 g/mol. The van der Waals surface area contributed by atoms with E-state index in [0.29, 0.717) is 16.7 Å². The molecule has 24 heavy (non-hydrogen) atoms. The van der Waals surface area contributed by atoms with Crippen LogP contribution in [0.5, 0.6) is 0 Å². The van der Waals surface area contributed by atoms with Crippen LogP contribution >= 0.6 is 27.7 Å². The number of nitrogens with one attached hydrogen (secondary N) is 1. The van der Waals surface area contributed by atoms with Crippen molar-refractivity contribution in [2.24, 2.45) is 0 Å². The molecule has 6 heteroatoms. The van der Waals surface area contributed by atoms with E-state index in [-0.39, 0.29) is 5.78 Å². The Balaban J connectivity index is 1.68. The highest BCUT2D eigenvalue weighted by molar-refractivity contribution is 9.10. The van der Waals surface area contributed by atoms with Crippen LogP contribution in [-0.2, 0) is 0 Å². The van der Waals surface area contributed by atoms with Crippen molar-refractivity contribution in [2.75, 3.05) is 5.75 Å². The van der Waals surface area contributed by atoms with Gasteiger partial charge in [0.15, 0.2) is 11.6 Å². The number of carbonyl (C=O) groups is 1. The van der Waals surface area contributed by atoms with Gasteiger partial charge in [0.05, 0.1) is 5.75 Å². The van der Waals surface area contributed by atoms with Gasteiger partial charge >= 0.3 is 0 Å². The van der Waals surface area contributed by atoms with Crippen molar-refractivity contribution < 1.29 is 4.79 Å². The van der Waals surface area contributed by atoms with Crippen LogP contribution in [0.1, 0.15) is 21.5 Å². The molecule has 1 heterocycles. The standard InChI is InChI=1S/C18H16BrN3OS/c1-11-7-8-13(9-12(11)2)16(23)10-24-18-20-17(21-22-18)14-5-3-4-6-15(14)19/h3-9H,10H2,1-2H3,(H,20,21,22). The number of ketones is 1. The third-order valence-electron chi connectivity index (χ3n) is 3.76. The van der Waals surface area contributed by atoms with Crippen molar-refractivity contribution in [3.05, 3.63) is 63.6 Å². The number of aromatic nitrogens is 3. The van der Waals surface area contributed by atoms with Gasteiger partial charge in [0.25, 0.3) is 0 Å². The second-order valence-electron chi connectivity index (χ2n) is 5.46. The fraction of sp³-hybridized carbons (Fsp3) is 0.167. The molecule has 0 saturated heterocycles. The Hall–Kier alpha value is -1.92. The number of carbonyl (C=O) groups excluding carboxylic acids is 1. The minimum Gasteiger partial charge on any atom is -0.293 e. The second kappa shape index (κ2) is 7.32. The van der Waals surface area contributed by atoms with Gasteiger partial charge in [0, 0.05) is 15.6 Å². The summed E-state index contributed by atoms with van der Waals surface area (Å²) in [5, 5.41) is 7.67. The van der Waals surface area contributed by atoms with E-state index in [1.807, 2.05) is 56.3 Å². The highest BCUT2D eigenvalue weighted by Crippen LogP contribution is 2.26. The molecular weight excluding hydrogens is 386 g/mol. The lowest BCUT2D eigenvalue weighted by molar-refractivity contribution is 0.102. The minimum absolute atomic E-state index is 0.0790. The minimum atomic E-state index is 0.0790. The smallest absolute Gasteiger partial charge is 0.209 e. The van der Waals surface area contributed by atoms with E-state index in [0.717, 1.165) is 21.2 Å². The van der Waals surface area contributed by atoms with E-state index in [4.69, 9.17) is 0 Å². The van der Waals surface area contributed by atoms with E-state index in [1.165, 1.54) is 17.3 Å². The quantitative estimate of drug-likeness (QED) is 0.491. The predicted octanol–water partition coefficient (Wildman–Crippen LogP) is 4.83. The van der Waals surface area contributed by atoms with Gasteiger partial charge in [0.2, 0.25) is 5.16 Å². The summed E-state index contributed by atoms with van der Waals surface area (Å²) in [7, 11) is 0. The molecule has 3 rings (SSSR count). The Labute approximate surface area is 153 Å². The Bertz CT molecular complexity index is 891. The average Bonchev–Trinajstić information content (AvgIpc) is 3.04. The summed E-state index contributed by atoms with van der Waals surface area (Å²) in [5.41, 5.74) is 3.98. The lowest BCUT2D eigenvalue weighted by Crippen LogP contribution is -2.03. The molecule has 2 aromatic carbocycles. The average molecular weight is 402 g/mol. The number of benzene rings is 2. The maximum atomic E-state index is 12.3. The summed E-state index contributed by atoms with van der Waals surface area (Å²) in [5.74, 6) is 1.08. The number of aryl methyl sites for hydroxylation is 2. The van der Waals surface area contributed by atoms with Crippen LogP contribution < -0.4 is 0 Å². The van der Waals surface area contributed by atoms with Crippen LogP contribution in [0.4, 0.5) is 0 Å². The van der Waals surface area contributed by atoms with E-state index in [2.05, 4.69) is 31.1 Å². The number of Topliss-reactive ketones (excluding diaryl/α,β-unsaturated/α-hetero) is 1. The first-order valence-electron chi connectivity index (χ1n) is 7.45. The van der Waals surface area contributed by atoms with Gasteiger partial charge in [-0.3, -0.25) is 9.89 Å². The van der Waals surface area contributed by atoms with Crippen LogP contribution in [0, 0.1) is 13.8 Å². The van der Waals surface area contributed by atoms with E-state index in [9.17, 15) is 4.79 Å². The largest absolute Gasteiger partial charge is 0.293 e. The highest BCUT2D eigenvalue weighted by atomic mass is 79.9. The first-order valence-corrected chi connectivity index (χ1v) is 9.23. The number of hydrogen-bond donors (Lipinski definition) is 1. The summed E-state index contributed by atoms with van der Waals surface area (Å²) in [6.07, 6.45) is 0. The summed E-state index contributed by atoms with van der Waals surface area (Å²) >= 11 is 4.84. The zero-order chi connectivity index (χ0) is 17.1. The maximum Gasteiger partial charge on any atom is 0.209 e. The lowest BCUT2D eigenvalue weighted by atomic mass is 10.0. The molecule has 0 aliphatic rings. The molecule has 0 amide bonds. The van der Waals surface area contributed by atoms with E-state index >= 15 is 0 Å². The summed E-state index contributed by atoms with van der Waals surface area (Å²) < 4.78 is 0.948. The fourth-order valence-electron chi connectivity index (χ4n) is 2.21. The van der Waals surface area contributed by atoms with Gasteiger partial charge in [-0.05, 0) is 37.1 Å². The van der Waals surface area contributed by atoms with Gasteiger partial charge in [0.1, 0.15) is 0 Å². The number of thioether (sulfide) groups is 1. The first-order chi connectivity index (χ1) is 11.5. The molecule has 0 bridgehead atoms. The van der Waals surface area contributed by atoms with Crippen LogP contribution in [0.15, 0.2) is 52.1 Å². The van der Waals surface area contributed by atoms with Crippen LogP contribution in [0.2, 0.25) is 0 Å². The van der Waals surface area contributed by atoms with Gasteiger partial charge in [-0.25, -0.2) is 4.98 Å². The first kappa shape index (κ1) is 16.9. The molecule has 0 fully saturated rings. The number of nitrogens with zero attached hydrogens (tertiary/aromatic N) is 2. The molecule has 0 spiro atoms. The molecule has 1 aromatic heterocycles. The Morgan fingerprint density at radius 2 is 1.96 bits per heavy atom. The van der Waals surface area contributed by atoms with E-state index < -0.39 is 0 Å². The molecule has 4 nitrogen and oxygen atoms in total. The molecular formula is C18H16BrN3OS. The molecule has 122 valence electrons. The molecule has 0 aliphatic carbocycles. The SMILES string of the molecule is Cc1ccc(C(=O)CSc2n[nH]c(-c3ccccc3Br)n2)cc1C. The maximum absolute atomic E-state index is 12.3. The zero-order valence-corrected chi connectivity index (χ0v) is 15.7. The van der Waals surface area contributed by atoms with Gasteiger partial charge in [-0.2, -0.15) is 0 Å². The second-order valence-corrected chi connectivity index (χ2v) is 7.25. The van der Waals surface area contributed by atoms with Crippen molar-refractivity contribution >= 4 is 33.5 Å². The molecule has 0 radical (unpaired) electrons. The molecule has 0 unspecified atom stereocenters. The van der Waals surface area contributed by atoms with Crippen molar-refractivity contribution in [2.45, 2.75) is 19.0 Å². The van der Waals surface area contributed by atoms with Gasteiger partial charge < -0.3 is 0 Å². The van der Waals surface area contributed by atoms with Crippen LogP contribution in [0.3, 0.4) is 0 Å². The zero-order valence-electron chi connectivity index (χ0n) is 13.3. The molecule has 0 atom stereocenters. The van der Waals surface area contributed by atoms with Crippen LogP contribution in [0.25, 0.3) is 11.4 Å². The number of H-pyrrole nitrogens is 1. The number of halogens is 1. The van der Waals surface area contributed by atoms with Crippen molar-refractivity contribution in [1.29, 1.82) is 0 Å².